The van der Waals surface area contributed by atoms with Crippen LogP contribution in [0.1, 0.15) is 31.9 Å². The highest BCUT2D eigenvalue weighted by atomic mass is 32.1. The molecule has 0 bridgehead atoms. The molecule has 0 atom stereocenters. The summed E-state index contributed by atoms with van der Waals surface area (Å²) < 4.78 is 4.58. The van der Waals surface area contributed by atoms with Gasteiger partial charge in [0.1, 0.15) is 5.52 Å². The van der Waals surface area contributed by atoms with E-state index in [1.165, 1.54) is 0 Å². The summed E-state index contributed by atoms with van der Waals surface area (Å²) in [5, 5.41) is 7.53. The Labute approximate surface area is 128 Å². The van der Waals surface area contributed by atoms with E-state index in [2.05, 4.69) is 22.3 Å². The number of aromatic amines is 1. The zero-order valence-corrected chi connectivity index (χ0v) is 13.3. The van der Waals surface area contributed by atoms with Crippen molar-refractivity contribution in [1.29, 1.82) is 0 Å². The smallest absolute Gasteiger partial charge is 0.223 e. The average molecular weight is 307 g/mol. The molecule has 0 aromatic carbocycles. The molecule has 0 saturated heterocycles. The Morgan fingerprint density at radius 3 is 2.95 bits per heavy atom. The lowest BCUT2D eigenvalue weighted by Gasteiger charge is -2.06. The molecule has 2 heterocycles. The molecule has 2 aromatic heterocycles. The summed E-state index contributed by atoms with van der Waals surface area (Å²) in [5.74, 6) is 0.419. The van der Waals surface area contributed by atoms with Crippen LogP contribution in [-0.4, -0.2) is 31.8 Å². The van der Waals surface area contributed by atoms with E-state index in [9.17, 15) is 4.79 Å². The van der Waals surface area contributed by atoms with Gasteiger partial charge in [-0.3, -0.25) is 14.0 Å². The zero-order chi connectivity index (χ0) is 15.0. The van der Waals surface area contributed by atoms with Gasteiger partial charge in [-0.2, -0.15) is 5.10 Å². The Morgan fingerprint density at radius 1 is 1.52 bits per heavy atom. The van der Waals surface area contributed by atoms with E-state index in [1.54, 1.807) is 0 Å². The van der Waals surface area contributed by atoms with Crippen molar-refractivity contribution in [1.82, 2.24) is 24.6 Å². The van der Waals surface area contributed by atoms with Crippen molar-refractivity contribution in [2.24, 2.45) is 13.0 Å². The molecule has 21 heavy (non-hydrogen) atoms. The van der Waals surface area contributed by atoms with E-state index >= 15 is 0 Å². The first-order valence-corrected chi connectivity index (χ1v) is 7.94. The number of aromatic nitrogens is 4. The van der Waals surface area contributed by atoms with Crippen molar-refractivity contribution in [3.05, 3.63) is 10.5 Å². The Bertz CT molecular complexity index is 722. The molecule has 7 heteroatoms. The summed E-state index contributed by atoms with van der Waals surface area (Å²) in [4.78, 5) is 14.9. The van der Waals surface area contributed by atoms with Crippen LogP contribution in [0.15, 0.2) is 0 Å². The van der Waals surface area contributed by atoms with Crippen molar-refractivity contribution >= 4 is 29.3 Å². The van der Waals surface area contributed by atoms with E-state index < -0.39 is 0 Å². The van der Waals surface area contributed by atoms with Gasteiger partial charge in [-0.1, -0.05) is 13.3 Å². The molecule has 1 aliphatic carbocycles. The van der Waals surface area contributed by atoms with Crippen LogP contribution in [0, 0.1) is 10.7 Å². The van der Waals surface area contributed by atoms with Crippen LogP contribution in [0.4, 0.5) is 0 Å². The minimum atomic E-state index is 0.171. The molecular weight excluding hydrogens is 286 g/mol. The number of nitrogens with zero attached hydrogens (tertiary/aromatic N) is 3. The fraction of sp³-hybridized carbons (Fsp3) is 0.643. The highest BCUT2D eigenvalue weighted by molar-refractivity contribution is 7.71. The lowest BCUT2D eigenvalue weighted by atomic mass is 10.2. The van der Waals surface area contributed by atoms with Crippen molar-refractivity contribution in [2.45, 2.75) is 39.2 Å². The third-order valence-corrected chi connectivity index (χ3v) is 4.21. The fourth-order valence-electron chi connectivity index (χ4n) is 2.68. The minimum absolute atomic E-state index is 0.171. The number of hydrogen-bond acceptors (Lipinski definition) is 3. The number of carbonyl (C=O) groups is 1. The van der Waals surface area contributed by atoms with E-state index in [0.29, 0.717) is 17.9 Å². The highest BCUT2D eigenvalue weighted by Crippen LogP contribution is 2.28. The van der Waals surface area contributed by atoms with E-state index in [1.807, 2.05) is 16.3 Å². The molecule has 1 amide bonds. The summed E-state index contributed by atoms with van der Waals surface area (Å²) in [6, 6.07) is 0. The molecule has 2 aromatic rings. The van der Waals surface area contributed by atoms with Crippen molar-refractivity contribution < 1.29 is 4.79 Å². The van der Waals surface area contributed by atoms with Crippen LogP contribution in [-0.2, 0) is 24.8 Å². The topological polar surface area (TPSA) is 67.6 Å². The lowest BCUT2D eigenvalue weighted by molar-refractivity contribution is -0.122. The molecular formula is C14H21N5OS. The third kappa shape index (κ3) is 2.74. The molecule has 0 unspecified atom stereocenters. The molecule has 1 fully saturated rings. The molecule has 0 spiro atoms. The monoisotopic (exact) mass is 307 g/mol. The minimum Gasteiger partial charge on any atom is -0.354 e. The second-order valence-electron chi connectivity index (χ2n) is 5.67. The summed E-state index contributed by atoms with van der Waals surface area (Å²) in [7, 11) is 1.93. The quantitative estimate of drug-likeness (QED) is 0.801. The van der Waals surface area contributed by atoms with Gasteiger partial charge in [-0.15, -0.1) is 0 Å². The van der Waals surface area contributed by atoms with Crippen LogP contribution in [0.2, 0.25) is 0 Å². The van der Waals surface area contributed by atoms with Crippen LogP contribution in [0.25, 0.3) is 11.2 Å². The van der Waals surface area contributed by atoms with Crippen LogP contribution < -0.4 is 5.32 Å². The van der Waals surface area contributed by atoms with Gasteiger partial charge >= 0.3 is 0 Å². The Morgan fingerprint density at radius 2 is 2.29 bits per heavy atom. The van der Waals surface area contributed by atoms with Crippen LogP contribution in [0.5, 0.6) is 0 Å². The standard InChI is InChI=1S/C14H21N5OS/c1-3-4-10-11-13(18(2)17-10)19(14(21)16-11)8-7-15-12(20)9-5-6-9/h9H,3-8H2,1-2H3,(H,15,20)(H,16,21). The predicted octanol–water partition coefficient (Wildman–Crippen LogP) is 1.91. The highest BCUT2D eigenvalue weighted by Gasteiger charge is 2.29. The number of hydrogen-bond donors (Lipinski definition) is 2. The van der Waals surface area contributed by atoms with Gasteiger partial charge in [0, 0.05) is 26.1 Å². The van der Waals surface area contributed by atoms with Crippen LogP contribution in [0.3, 0.4) is 0 Å². The average Bonchev–Trinajstić information content (AvgIpc) is 3.18. The maximum absolute atomic E-state index is 11.7. The van der Waals surface area contributed by atoms with Gasteiger partial charge in [-0.05, 0) is 31.5 Å². The molecule has 1 saturated carbocycles. The van der Waals surface area contributed by atoms with Crippen LogP contribution >= 0.6 is 12.2 Å². The normalized spacial score (nSPS) is 14.8. The van der Waals surface area contributed by atoms with E-state index in [0.717, 1.165) is 42.5 Å². The molecule has 2 N–H and O–H groups in total. The lowest BCUT2D eigenvalue weighted by Crippen LogP contribution is -2.28. The number of imidazole rings is 1. The summed E-state index contributed by atoms with van der Waals surface area (Å²) in [5.41, 5.74) is 3.09. The van der Waals surface area contributed by atoms with Crippen molar-refractivity contribution in [3.63, 3.8) is 0 Å². The first-order chi connectivity index (χ1) is 10.1. The molecule has 0 radical (unpaired) electrons. The largest absolute Gasteiger partial charge is 0.354 e. The van der Waals surface area contributed by atoms with Gasteiger partial charge in [0.25, 0.3) is 0 Å². The van der Waals surface area contributed by atoms with E-state index in [-0.39, 0.29) is 11.8 Å². The van der Waals surface area contributed by atoms with Gasteiger partial charge in [0.2, 0.25) is 5.91 Å². The molecule has 6 nitrogen and oxygen atoms in total. The molecule has 1 aliphatic rings. The number of fused-ring (bicyclic) bond motifs is 1. The number of H-pyrrole nitrogens is 1. The van der Waals surface area contributed by atoms with Gasteiger partial charge in [0.05, 0.1) is 5.69 Å². The maximum Gasteiger partial charge on any atom is 0.223 e. The predicted molar refractivity (Wildman–Crippen MR) is 83.6 cm³/mol. The number of amides is 1. The molecule has 3 rings (SSSR count). The second kappa shape index (κ2) is 5.63. The summed E-state index contributed by atoms with van der Waals surface area (Å²) >= 11 is 5.41. The Kier molecular flexibility index (Phi) is 3.84. The number of rotatable bonds is 6. The van der Waals surface area contributed by atoms with Crippen molar-refractivity contribution in [3.8, 4) is 0 Å². The third-order valence-electron chi connectivity index (χ3n) is 3.89. The SMILES string of the molecule is CCCc1nn(C)c2c1[nH]c(=S)n2CCNC(=O)C1CC1. The Hall–Kier alpha value is -1.63. The zero-order valence-electron chi connectivity index (χ0n) is 12.5. The number of aryl methyl sites for hydroxylation is 2. The second-order valence-corrected chi connectivity index (χ2v) is 6.05. The molecule has 114 valence electrons. The summed E-state index contributed by atoms with van der Waals surface area (Å²) in [6.45, 7) is 3.41. The molecule has 0 aliphatic heterocycles. The van der Waals surface area contributed by atoms with Gasteiger partial charge < -0.3 is 10.3 Å². The number of nitrogens with one attached hydrogen (secondary N) is 2. The first-order valence-electron chi connectivity index (χ1n) is 7.54. The maximum atomic E-state index is 11.7. The van der Waals surface area contributed by atoms with E-state index in [4.69, 9.17) is 12.2 Å². The fourth-order valence-corrected chi connectivity index (χ4v) is 2.96. The Balaban J connectivity index is 1.79. The number of carbonyl (C=O) groups excluding carboxylic acids is 1. The summed E-state index contributed by atoms with van der Waals surface area (Å²) in [6.07, 6.45) is 4.05. The van der Waals surface area contributed by atoms with Crippen molar-refractivity contribution in [2.75, 3.05) is 6.54 Å². The van der Waals surface area contributed by atoms with Gasteiger partial charge in [-0.25, -0.2) is 0 Å². The van der Waals surface area contributed by atoms with Gasteiger partial charge in [0.15, 0.2) is 10.4 Å². The first kappa shape index (κ1) is 14.3.